The molecule has 1 aromatic carbocycles. The molecular weight excluding hydrogens is 197 g/mol. The predicted octanol–water partition coefficient (Wildman–Crippen LogP) is 1.23. The van der Waals surface area contributed by atoms with Gasteiger partial charge in [-0.3, -0.25) is 10.1 Å². The van der Waals surface area contributed by atoms with Crippen LogP contribution in [0.15, 0.2) is 12.1 Å². The fourth-order valence-electron chi connectivity index (χ4n) is 1.92. The van der Waals surface area contributed by atoms with Crippen LogP contribution in [-0.4, -0.2) is 17.1 Å². The van der Waals surface area contributed by atoms with Crippen LogP contribution in [0.4, 0.5) is 4.39 Å². The lowest BCUT2D eigenvalue weighted by molar-refractivity contribution is -0.139. The molecule has 2 rings (SSSR count). The number of carboxylic acid groups (broad SMARTS) is 1. The molecule has 0 radical (unpaired) electrons. The fourth-order valence-corrected chi connectivity index (χ4v) is 1.92. The second-order valence-corrected chi connectivity index (χ2v) is 3.86. The molecule has 1 atom stereocenters. The zero-order chi connectivity index (χ0) is 11.0. The molecule has 15 heavy (non-hydrogen) atoms. The summed E-state index contributed by atoms with van der Waals surface area (Å²) in [5, 5.41) is 11.6. The summed E-state index contributed by atoms with van der Waals surface area (Å²) in [5.74, 6) is -1.14. The first-order valence-electron chi connectivity index (χ1n) is 4.82. The van der Waals surface area contributed by atoms with Crippen molar-refractivity contribution in [2.24, 2.45) is 0 Å². The highest BCUT2D eigenvalue weighted by molar-refractivity contribution is 5.74. The van der Waals surface area contributed by atoms with E-state index in [4.69, 9.17) is 5.11 Å². The number of carboxylic acids is 1. The molecule has 0 saturated heterocycles. The maximum absolute atomic E-state index is 13.5. The summed E-state index contributed by atoms with van der Waals surface area (Å²) in [7, 11) is 0. The molecule has 0 saturated carbocycles. The van der Waals surface area contributed by atoms with Crippen molar-refractivity contribution in [1.82, 2.24) is 5.32 Å². The lowest BCUT2D eigenvalue weighted by Gasteiger charge is -2.23. The Labute approximate surface area is 86.9 Å². The maximum atomic E-state index is 13.5. The van der Waals surface area contributed by atoms with Gasteiger partial charge in [-0.1, -0.05) is 6.07 Å². The first kappa shape index (κ1) is 10.1. The number of hydrogen-bond acceptors (Lipinski definition) is 2. The number of carbonyl (C=O) groups is 1. The van der Waals surface area contributed by atoms with E-state index in [1.165, 1.54) is 6.07 Å². The third kappa shape index (κ3) is 1.85. The lowest BCUT2D eigenvalue weighted by atomic mass is 9.94. The Balaban J connectivity index is 2.37. The third-order valence-electron chi connectivity index (χ3n) is 2.68. The monoisotopic (exact) mass is 209 g/mol. The van der Waals surface area contributed by atoms with Crippen molar-refractivity contribution >= 4 is 5.97 Å². The maximum Gasteiger partial charge on any atom is 0.321 e. The number of rotatable bonds is 1. The Morgan fingerprint density at radius 1 is 1.60 bits per heavy atom. The molecule has 0 amide bonds. The van der Waals surface area contributed by atoms with Crippen LogP contribution in [0.3, 0.4) is 0 Å². The smallest absolute Gasteiger partial charge is 0.321 e. The Bertz CT molecular complexity index is 417. The van der Waals surface area contributed by atoms with Crippen molar-refractivity contribution in [1.29, 1.82) is 0 Å². The van der Waals surface area contributed by atoms with Crippen molar-refractivity contribution in [3.8, 4) is 0 Å². The predicted molar refractivity (Wildman–Crippen MR) is 53.1 cm³/mol. The highest BCUT2D eigenvalue weighted by Gasteiger charge is 2.25. The third-order valence-corrected chi connectivity index (χ3v) is 2.68. The summed E-state index contributed by atoms with van der Waals surface area (Å²) in [5.41, 5.74) is 2.23. The summed E-state index contributed by atoms with van der Waals surface area (Å²) in [6.07, 6.45) is 0.350. The second-order valence-electron chi connectivity index (χ2n) is 3.86. The van der Waals surface area contributed by atoms with Crippen molar-refractivity contribution < 1.29 is 14.3 Å². The minimum atomic E-state index is -0.887. The van der Waals surface area contributed by atoms with Gasteiger partial charge in [-0.15, -0.1) is 0 Å². The summed E-state index contributed by atoms with van der Waals surface area (Å²) in [6, 6.07) is 2.73. The molecule has 1 aliphatic rings. The van der Waals surface area contributed by atoms with Gasteiger partial charge in [-0.2, -0.15) is 0 Å². The molecule has 1 aromatic rings. The van der Waals surface area contributed by atoms with Gasteiger partial charge in [0.15, 0.2) is 0 Å². The van der Waals surface area contributed by atoms with E-state index in [2.05, 4.69) is 5.32 Å². The minimum absolute atomic E-state index is 0.249. The molecule has 4 heteroatoms. The van der Waals surface area contributed by atoms with E-state index in [9.17, 15) is 9.18 Å². The summed E-state index contributed by atoms with van der Waals surface area (Å²) < 4.78 is 13.5. The number of halogens is 1. The van der Waals surface area contributed by atoms with Gasteiger partial charge in [0.2, 0.25) is 0 Å². The van der Waals surface area contributed by atoms with Crippen LogP contribution >= 0.6 is 0 Å². The summed E-state index contributed by atoms with van der Waals surface area (Å²) in [4.78, 5) is 10.8. The van der Waals surface area contributed by atoms with Crippen molar-refractivity contribution in [3.05, 3.63) is 34.6 Å². The topological polar surface area (TPSA) is 49.3 Å². The van der Waals surface area contributed by atoms with Gasteiger partial charge in [0.1, 0.15) is 11.9 Å². The standard InChI is InChI=1S/C11H12FNO2/c1-6-2-7-4-10(11(14)15)13-5-8(7)9(12)3-6/h2-3,10,13H,4-5H2,1H3,(H,14,15)/t10-/m1/s1. The molecule has 80 valence electrons. The van der Waals surface area contributed by atoms with Crippen molar-refractivity contribution in [3.63, 3.8) is 0 Å². The Morgan fingerprint density at radius 3 is 3.00 bits per heavy atom. The zero-order valence-corrected chi connectivity index (χ0v) is 8.38. The largest absolute Gasteiger partial charge is 0.480 e. The quantitative estimate of drug-likeness (QED) is 0.731. The number of benzene rings is 1. The van der Waals surface area contributed by atoms with E-state index >= 15 is 0 Å². The van der Waals surface area contributed by atoms with Crippen LogP contribution in [0.2, 0.25) is 0 Å². The molecule has 2 N–H and O–H groups in total. The van der Waals surface area contributed by atoms with Crippen molar-refractivity contribution in [2.75, 3.05) is 0 Å². The van der Waals surface area contributed by atoms with Gasteiger partial charge in [0, 0.05) is 12.1 Å². The Morgan fingerprint density at radius 2 is 2.33 bits per heavy atom. The number of hydrogen-bond donors (Lipinski definition) is 2. The number of nitrogens with one attached hydrogen (secondary N) is 1. The van der Waals surface area contributed by atoms with Gasteiger partial charge in [-0.05, 0) is 30.5 Å². The summed E-state index contributed by atoms with van der Waals surface area (Å²) >= 11 is 0. The van der Waals surface area contributed by atoms with Crippen LogP contribution in [0.25, 0.3) is 0 Å². The molecular formula is C11H12FNO2. The minimum Gasteiger partial charge on any atom is -0.480 e. The van der Waals surface area contributed by atoms with E-state index in [0.29, 0.717) is 18.5 Å². The average Bonchev–Trinajstić information content (AvgIpc) is 2.16. The number of aliphatic carboxylic acids is 1. The Kier molecular flexibility index (Phi) is 2.44. The molecule has 0 fully saturated rings. The first-order chi connectivity index (χ1) is 7.08. The molecule has 1 aliphatic heterocycles. The number of aryl methyl sites for hydroxylation is 1. The molecule has 0 unspecified atom stereocenters. The van der Waals surface area contributed by atoms with E-state index in [0.717, 1.165) is 11.1 Å². The molecule has 0 spiro atoms. The van der Waals surface area contributed by atoms with Gasteiger partial charge in [-0.25, -0.2) is 4.39 Å². The average molecular weight is 209 g/mol. The van der Waals surface area contributed by atoms with Crippen LogP contribution in [0, 0.1) is 12.7 Å². The molecule has 0 bridgehead atoms. The highest BCUT2D eigenvalue weighted by atomic mass is 19.1. The normalized spacial score (nSPS) is 19.7. The molecule has 1 heterocycles. The van der Waals surface area contributed by atoms with Crippen LogP contribution in [0.5, 0.6) is 0 Å². The fraction of sp³-hybridized carbons (Fsp3) is 0.364. The second kappa shape index (κ2) is 3.62. The van der Waals surface area contributed by atoms with Crippen LogP contribution < -0.4 is 5.32 Å². The highest BCUT2D eigenvalue weighted by Crippen LogP contribution is 2.21. The van der Waals surface area contributed by atoms with Gasteiger partial charge in [0.05, 0.1) is 0 Å². The van der Waals surface area contributed by atoms with Gasteiger partial charge < -0.3 is 5.11 Å². The Hall–Kier alpha value is -1.42. The van der Waals surface area contributed by atoms with E-state index in [1.54, 1.807) is 6.92 Å². The van der Waals surface area contributed by atoms with E-state index in [1.807, 2.05) is 6.07 Å². The van der Waals surface area contributed by atoms with Gasteiger partial charge in [0.25, 0.3) is 0 Å². The van der Waals surface area contributed by atoms with E-state index in [-0.39, 0.29) is 5.82 Å². The lowest BCUT2D eigenvalue weighted by Crippen LogP contribution is -2.42. The van der Waals surface area contributed by atoms with E-state index < -0.39 is 12.0 Å². The first-order valence-corrected chi connectivity index (χ1v) is 4.82. The zero-order valence-electron chi connectivity index (χ0n) is 8.38. The number of fused-ring (bicyclic) bond motifs is 1. The molecule has 0 aliphatic carbocycles. The van der Waals surface area contributed by atoms with Crippen LogP contribution in [-0.2, 0) is 17.8 Å². The molecule has 3 nitrogen and oxygen atoms in total. The van der Waals surface area contributed by atoms with Crippen LogP contribution in [0.1, 0.15) is 16.7 Å². The van der Waals surface area contributed by atoms with Crippen molar-refractivity contribution in [2.45, 2.75) is 25.9 Å². The summed E-state index contributed by atoms with van der Waals surface area (Å²) in [6.45, 7) is 2.10. The molecule has 0 aromatic heterocycles. The van der Waals surface area contributed by atoms with Gasteiger partial charge >= 0.3 is 5.97 Å². The SMILES string of the molecule is Cc1cc(F)c2c(c1)C[C@H](C(=O)O)NC2.